The van der Waals surface area contributed by atoms with Crippen LogP contribution in [0.25, 0.3) is 0 Å². The Morgan fingerprint density at radius 1 is 0.531 bits per heavy atom. The molecule has 180 valence electrons. The SMILES string of the molecule is CC(C)(C)c1ccc(P(O)(O)(F)c2ccc(C(C)(C)C)cc2C(C)(C)C)c(C(C)(C)C)c1. The molecule has 0 amide bonds. The van der Waals surface area contributed by atoms with E-state index in [0.717, 1.165) is 11.1 Å². The number of benzene rings is 2. The van der Waals surface area contributed by atoms with Gasteiger partial charge in [-0.15, -0.1) is 0 Å². The van der Waals surface area contributed by atoms with Gasteiger partial charge in [0, 0.05) is 0 Å². The topological polar surface area (TPSA) is 40.5 Å². The van der Waals surface area contributed by atoms with Crippen molar-refractivity contribution in [3.8, 4) is 0 Å². The van der Waals surface area contributed by atoms with Gasteiger partial charge < -0.3 is 0 Å². The molecule has 2 aromatic rings. The first-order valence-corrected chi connectivity index (χ1v) is 13.5. The van der Waals surface area contributed by atoms with Crippen LogP contribution in [0.1, 0.15) is 105 Å². The van der Waals surface area contributed by atoms with Crippen LogP contribution in [0.4, 0.5) is 4.20 Å². The van der Waals surface area contributed by atoms with Gasteiger partial charge in [0.25, 0.3) is 0 Å². The van der Waals surface area contributed by atoms with Crippen LogP contribution in [0, 0.1) is 0 Å². The van der Waals surface area contributed by atoms with Crippen LogP contribution >= 0.6 is 7.37 Å². The second-order valence-corrected chi connectivity index (χ2v) is 16.2. The molecule has 0 saturated heterocycles. The summed E-state index contributed by atoms with van der Waals surface area (Å²) in [6, 6.07) is 10.8. The van der Waals surface area contributed by atoms with E-state index in [1.54, 1.807) is 12.1 Å². The van der Waals surface area contributed by atoms with Gasteiger partial charge in [-0.2, -0.15) is 0 Å². The fourth-order valence-corrected chi connectivity index (χ4v) is 6.62. The third kappa shape index (κ3) is 5.27. The van der Waals surface area contributed by atoms with Crippen molar-refractivity contribution in [2.45, 2.75) is 105 Å². The Hall–Kier alpha value is -1.28. The second-order valence-electron chi connectivity index (χ2n) is 13.4. The van der Waals surface area contributed by atoms with Crippen molar-refractivity contribution in [1.82, 2.24) is 0 Å². The summed E-state index contributed by atoms with van der Waals surface area (Å²) >= 11 is 0. The van der Waals surface area contributed by atoms with Crippen molar-refractivity contribution >= 4 is 18.0 Å². The van der Waals surface area contributed by atoms with E-state index in [2.05, 4.69) is 41.5 Å². The number of rotatable bonds is 2. The first-order chi connectivity index (χ1) is 13.9. The van der Waals surface area contributed by atoms with Crippen molar-refractivity contribution in [2.75, 3.05) is 0 Å². The van der Waals surface area contributed by atoms with Gasteiger partial charge in [-0.25, -0.2) is 0 Å². The average Bonchev–Trinajstić information content (AvgIpc) is 2.57. The molecular formula is C28H44FO2P. The molecule has 0 heterocycles. The summed E-state index contributed by atoms with van der Waals surface area (Å²) in [6.45, 7) is 24.5. The van der Waals surface area contributed by atoms with Crippen molar-refractivity contribution in [1.29, 1.82) is 0 Å². The summed E-state index contributed by atoms with van der Waals surface area (Å²) < 4.78 is 16.9. The molecule has 32 heavy (non-hydrogen) atoms. The molecule has 0 aromatic heterocycles. The van der Waals surface area contributed by atoms with Gasteiger partial charge in [0.2, 0.25) is 0 Å². The van der Waals surface area contributed by atoms with Gasteiger partial charge in [-0.1, -0.05) is 0 Å². The standard InChI is InChI=1S/C28H44FO2P/c1-25(2,3)19-13-15-23(21(17-19)27(7,8)9)32(29,30,31)24-16-14-20(26(4,5)6)18-22(24)28(10,11)12/h13-18,30-31H,1-12H3. The zero-order valence-corrected chi connectivity index (χ0v) is 23.1. The van der Waals surface area contributed by atoms with Crippen LogP contribution in [-0.4, -0.2) is 9.79 Å². The summed E-state index contributed by atoms with van der Waals surface area (Å²) in [7, 11) is -5.93. The summed E-state index contributed by atoms with van der Waals surface area (Å²) in [6.07, 6.45) is 0. The molecule has 0 aliphatic rings. The molecule has 0 spiro atoms. The Balaban J connectivity index is 2.95. The summed E-state index contributed by atoms with van der Waals surface area (Å²) in [5.74, 6) is 0. The van der Waals surface area contributed by atoms with Gasteiger partial charge >= 0.3 is 195 Å². The molecule has 0 saturated carbocycles. The Kier molecular flexibility index (Phi) is 6.42. The maximum atomic E-state index is 16.9. The number of hydrogen-bond acceptors (Lipinski definition) is 2. The normalized spacial score (nSPS) is 15.4. The van der Waals surface area contributed by atoms with Crippen LogP contribution in [0.2, 0.25) is 0 Å². The van der Waals surface area contributed by atoms with Crippen molar-refractivity contribution in [2.24, 2.45) is 0 Å². The Morgan fingerprint density at radius 2 is 0.812 bits per heavy atom. The van der Waals surface area contributed by atoms with E-state index in [1.165, 1.54) is 0 Å². The third-order valence-electron chi connectivity index (χ3n) is 6.20. The van der Waals surface area contributed by atoms with Gasteiger partial charge in [0.05, 0.1) is 0 Å². The molecule has 0 bridgehead atoms. The van der Waals surface area contributed by atoms with E-state index < -0.39 is 18.2 Å². The minimum absolute atomic E-state index is 0.00510. The molecule has 0 aliphatic heterocycles. The molecule has 2 rings (SSSR count). The molecule has 0 radical (unpaired) electrons. The summed E-state index contributed by atoms with van der Waals surface area (Å²) in [5, 5.41) is 0.0102. The maximum absolute atomic E-state index is 16.9. The first-order valence-electron chi connectivity index (χ1n) is 11.5. The van der Waals surface area contributed by atoms with Crippen LogP contribution in [-0.2, 0) is 21.7 Å². The molecule has 2 aromatic carbocycles. The Labute approximate surface area is 195 Å². The molecule has 0 aliphatic carbocycles. The Morgan fingerprint density at radius 3 is 1.03 bits per heavy atom. The van der Waals surface area contributed by atoms with E-state index in [9.17, 15) is 9.79 Å². The summed E-state index contributed by atoms with van der Waals surface area (Å²) in [5.41, 5.74) is 2.14. The van der Waals surface area contributed by atoms with Crippen LogP contribution in [0.3, 0.4) is 0 Å². The molecular weight excluding hydrogens is 418 g/mol. The second kappa shape index (κ2) is 7.62. The number of hydrogen-bond donors (Lipinski definition) is 2. The van der Waals surface area contributed by atoms with E-state index in [-0.39, 0.29) is 21.4 Å². The van der Waals surface area contributed by atoms with E-state index in [4.69, 9.17) is 0 Å². The number of halogens is 1. The van der Waals surface area contributed by atoms with Gasteiger partial charge in [-0.3, -0.25) is 0 Å². The van der Waals surface area contributed by atoms with E-state index in [1.807, 2.05) is 65.8 Å². The van der Waals surface area contributed by atoms with Gasteiger partial charge in [0.15, 0.2) is 0 Å². The van der Waals surface area contributed by atoms with Crippen LogP contribution in [0.5, 0.6) is 0 Å². The van der Waals surface area contributed by atoms with Crippen LogP contribution < -0.4 is 10.6 Å². The quantitative estimate of drug-likeness (QED) is 0.468. The molecule has 2 nitrogen and oxygen atoms in total. The molecule has 4 heteroatoms. The zero-order chi connectivity index (χ0) is 25.2. The molecule has 2 N–H and O–H groups in total. The van der Waals surface area contributed by atoms with Crippen molar-refractivity contribution < 1.29 is 14.0 Å². The van der Waals surface area contributed by atoms with Crippen molar-refractivity contribution in [3.63, 3.8) is 0 Å². The van der Waals surface area contributed by atoms with Crippen molar-refractivity contribution in [3.05, 3.63) is 58.7 Å². The van der Waals surface area contributed by atoms with E-state index in [0.29, 0.717) is 11.1 Å². The zero-order valence-electron chi connectivity index (χ0n) is 22.2. The fraction of sp³-hybridized carbons (Fsp3) is 0.571. The van der Waals surface area contributed by atoms with E-state index >= 15 is 4.20 Å². The molecule has 0 unspecified atom stereocenters. The fourth-order valence-electron chi connectivity index (χ4n) is 4.03. The van der Waals surface area contributed by atoms with Gasteiger partial charge in [0.1, 0.15) is 0 Å². The molecule has 0 atom stereocenters. The monoisotopic (exact) mass is 462 g/mol. The predicted octanol–water partition coefficient (Wildman–Crippen LogP) is 7.08. The van der Waals surface area contributed by atoms with Crippen LogP contribution in [0.15, 0.2) is 36.4 Å². The molecule has 0 fully saturated rings. The average molecular weight is 463 g/mol. The minimum atomic E-state index is -5.93. The first kappa shape index (κ1) is 27.0. The Bertz CT molecular complexity index is 922. The third-order valence-corrected chi connectivity index (χ3v) is 8.68. The summed E-state index contributed by atoms with van der Waals surface area (Å²) in [4.78, 5) is 23.2. The predicted molar refractivity (Wildman–Crippen MR) is 139 cm³/mol. The van der Waals surface area contributed by atoms with Gasteiger partial charge in [-0.05, 0) is 0 Å².